The number of nitrogens with one attached hydrogen (secondary N) is 2. The summed E-state index contributed by atoms with van der Waals surface area (Å²) in [7, 11) is 0. The molecule has 17 heavy (non-hydrogen) atoms. The molecule has 5 heteroatoms. The van der Waals surface area contributed by atoms with Crippen LogP contribution in [0.5, 0.6) is 0 Å². The molecule has 1 heterocycles. The first-order valence-electron chi connectivity index (χ1n) is 5.15. The molecule has 0 saturated heterocycles. The second-order valence-corrected chi connectivity index (χ2v) is 3.76. The van der Waals surface area contributed by atoms with Crippen molar-refractivity contribution < 1.29 is 14.7 Å². The van der Waals surface area contributed by atoms with Crippen molar-refractivity contribution in [2.75, 3.05) is 0 Å². The van der Waals surface area contributed by atoms with Gasteiger partial charge in [0.05, 0.1) is 0 Å². The zero-order valence-electron chi connectivity index (χ0n) is 9.23. The number of aliphatic carboxylic acids is 1. The molecule has 1 atom stereocenters. The van der Waals surface area contributed by atoms with E-state index in [-0.39, 0.29) is 5.91 Å². The predicted octanol–water partition coefficient (Wildman–Crippen LogP) is 1.43. The van der Waals surface area contributed by atoms with Gasteiger partial charge in [0.2, 0.25) is 5.91 Å². The van der Waals surface area contributed by atoms with E-state index in [1.807, 2.05) is 24.3 Å². The fourth-order valence-corrected chi connectivity index (χ4v) is 1.81. The quantitative estimate of drug-likeness (QED) is 0.748. The fourth-order valence-electron chi connectivity index (χ4n) is 1.81. The second kappa shape index (κ2) is 4.29. The maximum absolute atomic E-state index is 11.1. The Labute approximate surface area is 97.4 Å². The third-order valence-electron chi connectivity index (χ3n) is 2.53. The molecule has 1 unspecified atom stereocenters. The molecule has 0 aliphatic heterocycles. The number of hydrogen-bond donors (Lipinski definition) is 3. The van der Waals surface area contributed by atoms with Gasteiger partial charge in [0, 0.05) is 29.6 Å². The molecule has 0 saturated carbocycles. The second-order valence-electron chi connectivity index (χ2n) is 3.76. The Kier molecular flexibility index (Phi) is 2.82. The van der Waals surface area contributed by atoms with Crippen LogP contribution >= 0.6 is 0 Å². The number of H-pyrrole nitrogens is 1. The molecule has 1 aromatic carbocycles. The molecule has 3 N–H and O–H groups in total. The maximum atomic E-state index is 11.1. The largest absolute Gasteiger partial charge is 0.479 e. The molecule has 5 nitrogen and oxygen atoms in total. The van der Waals surface area contributed by atoms with E-state index in [1.165, 1.54) is 6.92 Å². The van der Waals surface area contributed by atoms with Gasteiger partial charge in [-0.25, -0.2) is 4.79 Å². The Hall–Kier alpha value is -2.30. The van der Waals surface area contributed by atoms with Crippen LogP contribution in [0.15, 0.2) is 30.5 Å². The SMILES string of the molecule is CC(=O)NC(C(=O)O)c1c[nH]c2ccccc12. The molecule has 0 aliphatic rings. The molecule has 0 radical (unpaired) electrons. The van der Waals surface area contributed by atoms with E-state index in [4.69, 9.17) is 5.11 Å². The number of para-hydroxylation sites is 1. The molecule has 1 amide bonds. The van der Waals surface area contributed by atoms with E-state index in [0.29, 0.717) is 5.56 Å². The van der Waals surface area contributed by atoms with Gasteiger partial charge in [0.1, 0.15) is 0 Å². The lowest BCUT2D eigenvalue weighted by molar-refractivity contribution is -0.141. The lowest BCUT2D eigenvalue weighted by Crippen LogP contribution is -2.31. The highest BCUT2D eigenvalue weighted by molar-refractivity contribution is 5.91. The van der Waals surface area contributed by atoms with Gasteiger partial charge in [-0.3, -0.25) is 4.79 Å². The third kappa shape index (κ3) is 2.13. The van der Waals surface area contributed by atoms with Gasteiger partial charge in [-0.15, -0.1) is 0 Å². The highest BCUT2D eigenvalue weighted by atomic mass is 16.4. The number of carboxylic acids is 1. The Morgan fingerprint density at radius 1 is 1.35 bits per heavy atom. The van der Waals surface area contributed by atoms with Crippen molar-refractivity contribution >= 4 is 22.8 Å². The van der Waals surface area contributed by atoms with Crippen LogP contribution in [-0.4, -0.2) is 22.0 Å². The number of carbonyl (C=O) groups is 2. The summed E-state index contributed by atoms with van der Waals surface area (Å²) in [5, 5.41) is 12.3. The summed E-state index contributed by atoms with van der Waals surface area (Å²) in [6.45, 7) is 1.30. The summed E-state index contributed by atoms with van der Waals surface area (Å²) < 4.78 is 0. The van der Waals surface area contributed by atoms with Crippen molar-refractivity contribution in [2.24, 2.45) is 0 Å². The van der Waals surface area contributed by atoms with Gasteiger partial charge < -0.3 is 15.4 Å². The monoisotopic (exact) mass is 232 g/mol. The van der Waals surface area contributed by atoms with Gasteiger partial charge in [-0.05, 0) is 6.07 Å². The van der Waals surface area contributed by atoms with Crippen LogP contribution in [-0.2, 0) is 9.59 Å². The minimum absolute atomic E-state index is 0.373. The number of carbonyl (C=O) groups excluding carboxylic acids is 1. The number of carboxylic acid groups (broad SMARTS) is 1. The number of rotatable bonds is 3. The van der Waals surface area contributed by atoms with Crippen LogP contribution in [0.1, 0.15) is 18.5 Å². The van der Waals surface area contributed by atoms with Crippen LogP contribution < -0.4 is 5.32 Å². The Balaban J connectivity index is 2.48. The predicted molar refractivity (Wildman–Crippen MR) is 62.5 cm³/mol. The van der Waals surface area contributed by atoms with Crippen molar-refractivity contribution in [1.82, 2.24) is 10.3 Å². The van der Waals surface area contributed by atoms with Crippen molar-refractivity contribution in [2.45, 2.75) is 13.0 Å². The molecular weight excluding hydrogens is 220 g/mol. The van der Waals surface area contributed by atoms with E-state index in [0.717, 1.165) is 10.9 Å². The Morgan fingerprint density at radius 2 is 2.06 bits per heavy atom. The number of fused-ring (bicyclic) bond motifs is 1. The summed E-state index contributed by atoms with van der Waals surface area (Å²) in [6.07, 6.45) is 1.61. The van der Waals surface area contributed by atoms with Crippen molar-refractivity contribution in [1.29, 1.82) is 0 Å². The molecule has 88 valence electrons. The standard InChI is InChI=1S/C12H12N2O3/c1-7(15)14-11(12(16)17)9-6-13-10-5-3-2-4-8(9)10/h2-6,11,13H,1H3,(H,14,15)(H,16,17). The van der Waals surface area contributed by atoms with Crippen molar-refractivity contribution in [3.05, 3.63) is 36.0 Å². The van der Waals surface area contributed by atoms with E-state index in [9.17, 15) is 9.59 Å². The molecular formula is C12H12N2O3. The van der Waals surface area contributed by atoms with Crippen LogP contribution in [0.25, 0.3) is 10.9 Å². The van der Waals surface area contributed by atoms with Gasteiger partial charge in [-0.2, -0.15) is 0 Å². The average Bonchev–Trinajstić information content (AvgIpc) is 2.69. The molecule has 0 fully saturated rings. The van der Waals surface area contributed by atoms with E-state index in [2.05, 4.69) is 10.3 Å². The maximum Gasteiger partial charge on any atom is 0.330 e. The van der Waals surface area contributed by atoms with Crippen molar-refractivity contribution in [3.8, 4) is 0 Å². The van der Waals surface area contributed by atoms with Crippen molar-refractivity contribution in [3.63, 3.8) is 0 Å². The van der Waals surface area contributed by atoms with Gasteiger partial charge >= 0.3 is 5.97 Å². The number of benzene rings is 1. The zero-order chi connectivity index (χ0) is 12.4. The average molecular weight is 232 g/mol. The zero-order valence-corrected chi connectivity index (χ0v) is 9.23. The smallest absolute Gasteiger partial charge is 0.330 e. The Bertz CT molecular complexity index is 574. The fraction of sp³-hybridized carbons (Fsp3) is 0.167. The van der Waals surface area contributed by atoms with Gasteiger partial charge in [0.25, 0.3) is 0 Å². The Morgan fingerprint density at radius 3 is 2.71 bits per heavy atom. The summed E-state index contributed by atoms with van der Waals surface area (Å²) in [5.74, 6) is -1.45. The number of amides is 1. The van der Waals surface area contributed by atoms with Crippen LogP contribution in [0.2, 0.25) is 0 Å². The summed E-state index contributed by atoms with van der Waals surface area (Å²) in [4.78, 5) is 25.1. The first-order valence-corrected chi connectivity index (χ1v) is 5.15. The topological polar surface area (TPSA) is 82.2 Å². The first kappa shape index (κ1) is 11.2. The molecule has 1 aromatic heterocycles. The molecule has 2 rings (SSSR count). The lowest BCUT2D eigenvalue weighted by atomic mass is 10.1. The lowest BCUT2D eigenvalue weighted by Gasteiger charge is -2.12. The van der Waals surface area contributed by atoms with E-state index < -0.39 is 12.0 Å². The van der Waals surface area contributed by atoms with Gasteiger partial charge in [-0.1, -0.05) is 18.2 Å². The number of hydrogen-bond acceptors (Lipinski definition) is 2. The number of aromatic nitrogens is 1. The first-order chi connectivity index (χ1) is 8.09. The summed E-state index contributed by atoms with van der Waals surface area (Å²) in [6, 6.07) is 6.33. The molecule has 2 aromatic rings. The normalized spacial score (nSPS) is 12.3. The molecule has 0 aliphatic carbocycles. The van der Waals surface area contributed by atoms with Crippen LogP contribution in [0, 0.1) is 0 Å². The van der Waals surface area contributed by atoms with E-state index in [1.54, 1.807) is 6.20 Å². The number of aromatic amines is 1. The van der Waals surface area contributed by atoms with Gasteiger partial charge in [0.15, 0.2) is 6.04 Å². The molecule has 0 bridgehead atoms. The summed E-state index contributed by atoms with van der Waals surface area (Å²) >= 11 is 0. The van der Waals surface area contributed by atoms with E-state index >= 15 is 0 Å². The molecule has 0 spiro atoms. The van der Waals surface area contributed by atoms with Crippen LogP contribution in [0.4, 0.5) is 0 Å². The van der Waals surface area contributed by atoms with Crippen LogP contribution in [0.3, 0.4) is 0 Å². The highest BCUT2D eigenvalue weighted by Gasteiger charge is 2.23. The minimum atomic E-state index is -1.08. The highest BCUT2D eigenvalue weighted by Crippen LogP contribution is 2.24. The summed E-state index contributed by atoms with van der Waals surface area (Å²) in [5.41, 5.74) is 1.41. The third-order valence-corrected chi connectivity index (χ3v) is 2.53. The minimum Gasteiger partial charge on any atom is -0.479 e.